The predicted molar refractivity (Wildman–Crippen MR) is 62.7 cm³/mol. The van der Waals surface area contributed by atoms with Gasteiger partial charge in [-0.3, -0.25) is 0 Å². The summed E-state index contributed by atoms with van der Waals surface area (Å²) in [6, 6.07) is 4.38. The molecule has 0 aromatic heterocycles. The molecule has 0 aliphatic carbocycles. The molecule has 1 unspecified atom stereocenters. The number of carbonyl (C=O) groups excluding carboxylic acids is 1. The summed E-state index contributed by atoms with van der Waals surface area (Å²) in [5.74, 6) is -1.62. The molecule has 0 aliphatic rings. The van der Waals surface area contributed by atoms with Gasteiger partial charge in [-0.2, -0.15) is 0 Å². The maximum atomic E-state index is 13.6. The molecular formula is C12H15ClFNO3. The molecule has 0 aliphatic heterocycles. The van der Waals surface area contributed by atoms with Crippen LogP contribution in [0.25, 0.3) is 0 Å². The van der Waals surface area contributed by atoms with E-state index < -0.39 is 11.8 Å². The monoisotopic (exact) mass is 275 g/mol. The van der Waals surface area contributed by atoms with Crippen LogP contribution in [0.5, 0.6) is 0 Å². The number of aliphatic carboxylic acids is 1. The van der Waals surface area contributed by atoms with Crippen LogP contribution in [-0.4, -0.2) is 32.8 Å². The minimum atomic E-state index is -1.19. The van der Waals surface area contributed by atoms with Crippen LogP contribution in [0.1, 0.15) is 5.56 Å². The van der Waals surface area contributed by atoms with Crippen molar-refractivity contribution < 1.29 is 23.9 Å². The molecule has 100 valence electrons. The van der Waals surface area contributed by atoms with Gasteiger partial charge in [0.05, 0.1) is 23.2 Å². The lowest BCUT2D eigenvalue weighted by atomic mass is 10.2. The fourth-order valence-electron chi connectivity index (χ4n) is 1.64. The zero-order valence-corrected chi connectivity index (χ0v) is 10.8. The maximum Gasteiger partial charge on any atom is 0.133 e. The van der Waals surface area contributed by atoms with E-state index in [9.17, 15) is 14.3 Å². The number of hydrogen-bond donors (Lipinski definition) is 1. The van der Waals surface area contributed by atoms with Crippen LogP contribution in [0.3, 0.4) is 0 Å². The lowest BCUT2D eigenvalue weighted by molar-refractivity contribution is -0.908. The Labute approximate surface area is 110 Å². The normalized spacial score (nSPS) is 12.4. The summed E-state index contributed by atoms with van der Waals surface area (Å²) in [5.41, 5.74) is 0.312. The minimum Gasteiger partial charge on any atom is -0.544 e. The second-order valence-corrected chi connectivity index (χ2v) is 4.33. The summed E-state index contributed by atoms with van der Waals surface area (Å²) in [5, 5.41) is 10.9. The third-order valence-electron chi connectivity index (χ3n) is 2.54. The fourth-order valence-corrected chi connectivity index (χ4v) is 1.87. The largest absolute Gasteiger partial charge is 0.544 e. The predicted octanol–water partition coefficient (Wildman–Crippen LogP) is -0.740. The van der Waals surface area contributed by atoms with Gasteiger partial charge in [-0.05, 0) is 12.1 Å². The SMILES string of the molecule is COCC[NH+](CC(=O)[O-])Cc1c(F)cccc1Cl. The Kier molecular flexibility index (Phi) is 6.04. The standard InChI is InChI=1S/C12H15ClFNO3/c1-18-6-5-15(8-12(16)17)7-9-10(13)3-2-4-11(9)14/h2-4H,5-8H2,1H3,(H,16,17). The van der Waals surface area contributed by atoms with E-state index in [1.54, 1.807) is 6.07 Å². The molecule has 0 bridgehead atoms. The molecule has 0 spiro atoms. The van der Waals surface area contributed by atoms with Crippen LogP contribution in [0.4, 0.5) is 4.39 Å². The van der Waals surface area contributed by atoms with Gasteiger partial charge in [0.1, 0.15) is 25.5 Å². The first-order valence-corrected chi connectivity index (χ1v) is 5.87. The van der Waals surface area contributed by atoms with Crippen molar-refractivity contribution in [3.05, 3.63) is 34.6 Å². The molecule has 1 atom stereocenters. The van der Waals surface area contributed by atoms with Gasteiger partial charge in [-0.25, -0.2) is 4.39 Å². The number of hydrogen-bond acceptors (Lipinski definition) is 3. The highest BCUT2D eigenvalue weighted by atomic mass is 35.5. The second-order valence-electron chi connectivity index (χ2n) is 3.92. The van der Waals surface area contributed by atoms with Crippen molar-refractivity contribution in [3.63, 3.8) is 0 Å². The van der Waals surface area contributed by atoms with Crippen LogP contribution >= 0.6 is 11.6 Å². The summed E-state index contributed by atoms with van der Waals surface area (Å²) in [6.45, 7) is 0.792. The number of carboxylic acid groups (broad SMARTS) is 1. The Morgan fingerprint density at radius 3 is 2.83 bits per heavy atom. The fraction of sp³-hybridized carbons (Fsp3) is 0.417. The van der Waals surface area contributed by atoms with E-state index in [1.165, 1.54) is 19.2 Å². The minimum absolute atomic E-state index is 0.183. The van der Waals surface area contributed by atoms with Gasteiger partial charge in [0.2, 0.25) is 0 Å². The van der Waals surface area contributed by atoms with E-state index in [4.69, 9.17) is 16.3 Å². The first-order chi connectivity index (χ1) is 8.54. The molecule has 4 nitrogen and oxygen atoms in total. The quantitative estimate of drug-likeness (QED) is 0.713. The molecule has 0 saturated heterocycles. The van der Waals surface area contributed by atoms with Crippen LogP contribution in [-0.2, 0) is 16.1 Å². The number of nitrogens with one attached hydrogen (secondary N) is 1. The van der Waals surface area contributed by atoms with E-state index in [2.05, 4.69) is 0 Å². The number of methoxy groups -OCH3 is 1. The Morgan fingerprint density at radius 1 is 1.56 bits per heavy atom. The van der Waals surface area contributed by atoms with Crippen molar-refractivity contribution in [2.75, 3.05) is 26.8 Å². The molecular weight excluding hydrogens is 261 g/mol. The van der Waals surface area contributed by atoms with Gasteiger partial charge in [0.25, 0.3) is 0 Å². The van der Waals surface area contributed by atoms with Gasteiger partial charge in [0.15, 0.2) is 0 Å². The molecule has 6 heteroatoms. The second kappa shape index (κ2) is 7.31. The van der Waals surface area contributed by atoms with Gasteiger partial charge in [0, 0.05) is 7.11 Å². The molecule has 0 radical (unpaired) electrons. The molecule has 1 aromatic rings. The number of halogens is 2. The van der Waals surface area contributed by atoms with E-state index in [-0.39, 0.29) is 13.1 Å². The summed E-state index contributed by atoms with van der Waals surface area (Å²) >= 11 is 5.90. The van der Waals surface area contributed by atoms with E-state index >= 15 is 0 Å². The van der Waals surface area contributed by atoms with Crippen LogP contribution < -0.4 is 10.0 Å². The van der Waals surface area contributed by atoms with Crippen LogP contribution in [0.2, 0.25) is 5.02 Å². The number of carbonyl (C=O) groups is 1. The number of ether oxygens (including phenoxy) is 1. The van der Waals surface area contributed by atoms with Crippen molar-refractivity contribution >= 4 is 17.6 Å². The molecule has 0 fully saturated rings. The molecule has 1 aromatic carbocycles. The number of benzene rings is 1. The number of rotatable bonds is 7. The molecule has 0 amide bonds. The number of carboxylic acids is 1. The summed E-state index contributed by atoms with van der Waals surface area (Å²) in [7, 11) is 1.52. The average Bonchev–Trinajstić information content (AvgIpc) is 2.30. The van der Waals surface area contributed by atoms with E-state index in [0.29, 0.717) is 28.6 Å². The van der Waals surface area contributed by atoms with E-state index in [0.717, 1.165) is 0 Å². The van der Waals surface area contributed by atoms with Gasteiger partial charge in [-0.15, -0.1) is 0 Å². The average molecular weight is 276 g/mol. The molecule has 18 heavy (non-hydrogen) atoms. The first-order valence-electron chi connectivity index (χ1n) is 5.49. The zero-order chi connectivity index (χ0) is 13.5. The topological polar surface area (TPSA) is 53.8 Å². The van der Waals surface area contributed by atoms with Gasteiger partial charge in [-0.1, -0.05) is 17.7 Å². The molecule has 1 N–H and O–H groups in total. The lowest BCUT2D eigenvalue weighted by Gasteiger charge is -2.20. The zero-order valence-electron chi connectivity index (χ0n) is 10.0. The lowest BCUT2D eigenvalue weighted by Crippen LogP contribution is -3.12. The van der Waals surface area contributed by atoms with Gasteiger partial charge < -0.3 is 19.5 Å². The molecule has 0 heterocycles. The molecule has 1 rings (SSSR count). The van der Waals surface area contributed by atoms with Crippen molar-refractivity contribution in [2.24, 2.45) is 0 Å². The van der Waals surface area contributed by atoms with Crippen LogP contribution in [0, 0.1) is 5.82 Å². The summed E-state index contributed by atoms with van der Waals surface area (Å²) in [6.07, 6.45) is 0. The number of quaternary nitrogens is 1. The highest BCUT2D eigenvalue weighted by Gasteiger charge is 2.15. The highest BCUT2D eigenvalue weighted by molar-refractivity contribution is 6.31. The maximum absolute atomic E-state index is 13.6. The smallest absolute Gasteiger partial charge is 0.133 e. The molecule has 0 saturated carbocycles. The van der Waals surface area contributed by atoms with Crippen molar-refractivity contribution in [1.82, 2.24) is 0 Å². The third kappa shape index (κ3) is 4.60. The Morgan fingerprint density at radius 2 is 2.28 bits per heavy atom. The Balaban J connectivity index is 2.78. The highest BCUT2D eigenvalue weighted by Crippen LogP contribution is 2.17. The third-order valence-corrected chi connectivity index (χ3v) is 2.90. The van der Waals surface area contributed by atoms with Crippen LogP contribution in [0.15, 0.2) is 18.2 Å². The van der Waals surface area contributed by atoms with Gasteiger partial charge >= 0.3 is 0 Å². The Bertz CT molecular complexity index is 394. The van der Waals surface area contributed by atoms with Crippen molar-refractivity contribution in [3.8, 4) is 0 Å². The summed E-state index contributed by atoms with van der Waals surface area (Å²) < 4.78 is 18.5. The van der Waals surface area contributed by atoms with E-state index in [1.807, 2.05) is 0 Å². The first kappa shape index (κ1) is 14.9. The Hall–Kier alpha value is -1.17. The van der Waals surface area contributed by atoms with Crippen molar-refractivity contribution in [2.45, 2.75) is 6.54 Å². The van der Waals surface area contributed by atoms with Crippen molar-refractivity contribution in [1.29, 1.82) is 0 Å². The summed E-state index contributed by atoms with van der Waals surface area (Å²) in [4.78, 5) is 11.3.